The van der Waals surface area contributed by atoms with Crippen molar-refractivity contribution < 1.29 is 4.79 Å². The van der Waals surface area contributed by atoms with Gasteiger partial charge in [0.1, 0.15) is 6.04 Å². The summed E-state index contributed by atoms with van der Waals surface area (Å²) in [5.74, 6) is 0.158. The second-order valence-electron chi connectivity index (χ2n) is 6.50. The molecule has 1 fully saturated rings. The Morgan fingerprint density at radius 1 is 1.33 bits per heavy atom. The Morgan fingerprint density at radius 3 is 2.79 bits per heavy atom. The van der Waals surface area contributed by atoms with Gasteiger partial charge in [0, 0.05) is 17.5 Å². The van der Waals surface area contributed by atoms with E-state index in [2.05, 4.69) is 34.8 Å². The van der Waals surface area contributed by atoms with Crippen LogP contribution in [0.2, 0.25) is 0 Å². The van der Waals surface area contributed by atoms with Gasteiger partial charge in [-0.05, 0) is 49.4 Å². The standard InChI is InChI=1S/C19H25N3OS/c1-22-11-5-9-15(18(22)16-10-6-12-24-16)13-21-17(19(20)23)14-7-3-2-4-8-14/h2-4,6-8,10,12,15,17-18,21H,5,9,11,13H2,1H3,(H2,20,23)/t15-,17-,18+/m1/s1. The molecular weight excluding hydrogens is 318 g/mol. The van der Waals surface area contributed by atoms with Gasteiger partial charge in [-0.15, -0.1) is 11.3 Å². The number of nitrogens with zero attached hydrogens (tertiary/aromatic N) is 1. The van der Waals surface area contributed by atoms with Crippen LogP contribution in [0.1, 0.15) is 35.4 Å². The van der Waals surface area contributed by atoms with Crippen molar-refractivity contribution in [2.24, 2.45) is 11.7 Å². The summed E-state index contributed by atoms with van der Waals surface area (Å²) in [5, 5.41) is 5.56. The summed E-state index contributed by atoms with van der Waals surface area (Å²) < 4.78 is 0. The van der Waals surface area contributed by atoms with Crippen LogP contribution in [0.4, 0.5) is 0 Å². The summed E-state index contributed by atoms with van der Waals surface area (Å²) >= 11 is 1.81. The molecule has 3 N–H and O–H groups in total. The van der Waals surface area contributed by atoms with Gasteiger partial charge >= 0.3 is 0 Å². The fraction of sp³-hybridized carbons (Fsp3) is 0.421. The van der Waals surface area contributed by atoms with Crippen molar-refractivity contribution in [1.82, 2.24) is 10.2 Å². The Balaban J connectivity index is 1.72. The van der Waals surface area contributed by atoms with Crippen LogP contribution in [0.25, 0.3) is 0 Å². The predicted molar refractivity (Wildman–Crippen MR) is 98.8 cm³/mol. The van der Waals surface area contributed by atoms with Crippen molar-refractivity contribution in [2.75, 3.05) is 20.1 Å². The van der Waals surface area contributed by atoms with E-state index < -0.39 is 6.04 Å². The summed E-state index contributed by atoms with van der Waals surface area (Å²) in [6, 6.07) is 14.0. The van der Waals surface area contributed by atoms with Gasteiger partial charge in [0.2, 0.25) is 5.91 Å². The number of carbonyl (C=O) groups is 1. The van der Waals surface area contributed by atoms with Crippen LogP contribution in [0.5, 0.6) is 0 Å². The van der Waals surface area contributed by atoms with E-state index in [-0.39, 0.29) is 5.91 Å². The van der Waals surface area contributed by atoms with E-state index in [0.717, 1.165) is 18.7 Å². The number of carbonyl (C=O) groups excluding carboxylic acids is 1. The lowest BCUT2D eigenvalue weighted by Gasteiger charge is -2.39. The van der Waals surface area contributed by atoms with Crippen molar-refractivity contribution in [1.29, 1.82) is 0 Å². The number of hydrogen-bond donors (Lipinski definition) is 2. The molecular formula is C19H25N3OS. The van der Waals surface area contributed by atoms with Crippen molar-refractivity contribution >= 4 is 17.2 Å². The smallest absolute Gasteiger partial charge is 0.239 e. The molecule has 3 rings (SSSR count). The first-order chi connectivity index (χ1) is 11.7. The highest BCUT2D eigenvalue weighted by atomic mass is 32.1. The lowest BCUT2D eigenvalue weighted by atomic mass is 9.88. The summed E-state index contributed by atoms with van der Waals surface area (Å²) in [7, 11) is 2.19. The number of thiophene rings is 1. The first kappa shape index (κ1) is 17.1. The van der Waals surface area contributed by atoms with E-state index >= 15 is 0 Å². The third kappa shape index (κ3) is 3.86. The number of primary amides is 1. The molecule has 1 aliphatic heterocycles. The second kappa shape index (κ2) is 7.92. The van der Waals surface area contributed by atoms with Crippen molar-refractivity contribution in [3.05, 3.63) is 58.3 Å². The lowest BCUT2D eigenvalue weighted by molar-refractivity contribution is -0.120. The molecule has 0 spiro atoms. The van der Waals surface area contributed by atoms with Gasteiger partial charge in [-0.25, -0.2) is 0 Å². The average Bonchev–Trinajstić information content (AvgIpc) is 3.10. The van der Waals surface area contributed by atoms with Crippen LogP contribution in [-0.4, -0.2) is 30.9 Å². The van der Waals surface area contributed by atoms with Crippen molar-refractivity contribution in [3.63, 3.8) is 0 Å². The van der Waals surface area contributed by atoms with E-state index in [1.54, 1.807) is 0 Å². The topological polar surface area (TPSA) is 58.4 Å². The zero-order chi connectivity index (χ0) is 16.9. The third-order valence-corrected chi connectivity index (χ3v) is 5.79. The molecule has 0 aliphatic carbocycles. The number of nitrogens with two attached hydrogens (primary N) is 1. The van der Waals surface area contributed by atoms with E-state index in [9.17, 15) is 4.79 Å². The van der Waals surface area contributed by atoms with Crippen LogP contribution in [0.15, 0.2) is 47.8 Å². The molecule has 0 radical (unpaired) electrons. The SMILES string of the molecule is CN1CCC[C@H](CN[C@@H](C(N)=O)c2ccccc2)[C@H]1c1cccs1. The van der Waals surface area contributed by atoms with E-state index in [1.165, 1.54) is 17.7 Å². The normalized spacial score (nSPS) is 23.0. The van der Waals surface area contributed by atoms with Crippen molar-refractivity contribution in [2.45, 2.75) is 24.9 Å². The molecule has 5 heteroatoms. The molecule has 3 atom stereocenters. The van der Waals surface area contributed by atoms with Gasteiger partial charge < -0.3 is 11.1 Å². The lowest BCUT2D eigenvalue weighted by Crippen LogP contribution is -2.43. The Bertz CT molecular complexity index is 644. The Morgan fingerprint density at radius 2 is 2.12 bits per heavy atom. The van der Waals surface area contributed by atoms with E-state index in [4.69, 9.17) is 5.73 Å². The molecule has 128 valence electrons. The number of benzene rings is 1. The Hall–Kier alpha value is -1.69. The maximum atomic E-state index is 11.9. The van der Waals surface area contributed by atoms with Gasteiger partial charge in [0.25, 0.3) is 0 Å². The second-order valence-corrected chi connectivity index (χ2v) is 7.48. The van der Waals surface area contributed by atoms with E-state index in [0.29, 0.717) is 12.0 Å². The molecule has 4 nitrogen and oxygen atoms in total. The van der Waals surface area contributed by atoms with Crippen LogP contribution >= 0.6 is 11.3 Å². The van der Waals surface area contributed by atoms with Crippen LogP contribution in [0, 0.1) is 5.92 Å². The minimum atomic E-state index is -0.428. The van der Waals surface area contributed by atoms with Gasteiger partial charge in [0.05, 0.1) is 0 Å². The predicted octanol–water partition coefficient (Wildman–Crippen LogP) is 2.95. The summed E-state index contributed by atoms with van der Waals surface area (Å²) in [4.78, 5) is 15.7. The summed E-state index contributed by atoms with van der Waals surface area (Å²) in [6.07, 6.45) is 2.36. The molecule has 0 bridgehead atoms. The number of rotatable bonds is 6. The van der Waals surface area contributed by atoms with Crippen molar-refractivity contribution in [3.8, 4) is 0 Å². The fourth-order valence-electron chi connectivity index (χ4n) is 3.68. The molecule has 1 aromatic heterocycles. The molecule has 1 aromatic carbocycles. The molecule has 2 aromatic rings. The minimum Gasteiger partial charge on any atom is -0.368 e. The number of piperidine rings is 1. The number of nitrogens with one attached hydrogen (secondary N) is 1. The van der Waals surface area contributed by atoms with Gasteiger partial charge in [-0.3, -0.25) is 9.69 Å². The first-order valence-electron chi connectivity index (χ1n) is 8.48. The highest BCUT2D eigenvalue weighted by molar-refractivity contribution is 7.10. The number of likely N-dealkylation sites (tertiary alicyclic amines) is 1. The molecule has 1 amide bonds. The maximum absolute atomic E-state index is 11.9. The van der Waals surface area contributed by atoms with E-state index in [1.807, 2.05) is 41.7 Å². The molecule has 1 aliphatic rings. The molecule has 24 heavy (non-hydrogen) atoms. The fourth-order valence-corrected chi connectivity index (χ4v) is 4.66. The summed E-state index contributed by atoms with van der Waals surface area (Å²) in [5.41, 5.74) is 6.56. The zero-order valence-electron chi connectivity index (χ0n) is 14.0. The zero-order valence-corrected chi connectivity index (χ0v) is 14.8. The molecule has 0 saturated carbocycles. The maximum Gasteiger partial charge on any atom is 0.239 e. The molecule has 2 heterocycles. The third-order valence-electron chi connectivity index (χ3n) is 4.84. The van der Waals surface area contributed by atoms with Crippen LogP contribution in [-0.2, 0) is 4.79 Å². The van der Waals surface area contributed by atoms with Crippen LogP contribution < -0.4 is 11.1 Å². The Kier molecular flexibility index (Phi) is 5.66. The van der Waals surface area contributed by atoms with Gasteiger partial charge in [-0.1, -0.05) is 36.4 Å². The highest BCUT2D eigenvalue weighted by Gasteiger charge is 2.32. The van der Waals surface area contributed by atoms with Gasteiger partial charge in [0.15, 0.2) is 0 Å². The number of amides is 1. The highest BCUT2D eigenvalue weighted by Crippen LogP contribution is 2.37. The first-order valence-corrected chi connectivity index (χ1v) is 9.36. The largest absolute Gasteiger partial charge is 0.368 e. The van der Waals surface area contributed by atoms with Gasteiger partial charge in [-0.2, -0.15) is 0 Å². The number of hydrogen-bond acceptors (Lipinski definition) is 4. The molecule has 1 saturated heterocycles. The Labute approximate surface area is 147 Å². The molecule has 0 unspecified atom stereocenters. The van der Waals surface area contributed by atoms with Crippen LogP contribution in [0.3, 0.4) is 0 Å². The minimum absolute atomic E-state index is 0.321. The average molecular weight is 343 g/mol. The monoisotopic (exact) mass is 343 g/mol. The quantitative estimate of drug-likeness (QED) is 0.848. The summed E-state index contributed by atoms with van der Waals surface area (Å²) in [6.45, 7) is 1.91.